The number of likely N-dealkylation sites (N-methyl/N-ethyl adjacent to an activating group) is 2. The number of carbonyl (C=O) groups is 2. The lowest BCUT2D eigenvalue weighted by molar-refractivity contribution is -0.142. The highest BCUT2D eigenvalue weighted by molar-refractivity contribution is 5.73. The first-order chi connectivity index (χ1) is 7.11. The largest absolute Gasteiger partial charge is 0.480 e. The molecule has 2 atom stereocenters. The third kappa shape index (κ3) is 8.19. The third-order valence-electron chi connectivity index (χ3n) is 2.26. The van der Waals surface area contributed by atoms with Crippen molar-refractivity contribution in [3.05, 3.63) is 0 Å². The van der Waals surface area contributed by atoms with Crippen LogP contribution < -0.4 is 0 Å². The number of hydrogen-bond donors (Lipinski definition) is 2. The second-order valence-corrected chi connectivity index (χ2v) is 3.96. The van der Waals surface area contributed by atoms with Crippen LogP contribution in [0.4, 0.5) is 0 Å². The molecule has 0 saturated heterocycles. The van der Waals surface area contributed by atoms with Gasteiger partial charge in [-0.1, -0.05) is 0 Å². The lowest BCUT2D eigenvalue weighted by Gasteiger charge is -2.13. The van der Waals surface area contributed by atoms with Gasteiger partial charge in [-0.2, -0.15) is 0 Å². The molecule has 96 valence electrons. The van der Waals surface area contributed by atoms with Gasteiger partial charge in [0.05, 0.1) is 0 Å². The molecule has 0 aliphatic rings. The summed E-state index contributed by atoms with van der Waals surface area (Å²) >= 11 is 0. The Morgan fingerprint density at radius 3 is 1.00 bits per heavy atom. The summed E-state index contributed by atoms with van der Waals surface area (Å²) in [7, 11) is 6.94. The van der Waals surface area contributed by atoms with E-state index in [4.69, 9.17) is 10.2 Å². The van der Waals surface area contributed by atoms with Crippen molar-refractivity contribution >= 4 is 11.9 Å². The predicted octanol–water partition coefficient (Wildman–Crippen LogP) is 0.0422. The summed E-state index contributed by atoms with van der Waals surface area (Å²) in [6, 6.07) is -0.759. The molecular formula is C10H22N2O4. The Bertz CT molecular complexity index is 205. The molecule has 0 aliphatic heterocycles. The Hall–Kier alpha value is -1.14. The smallest absolute Gasteiger partial charge is 0.320 e. The SMILES string of the molecule is CC(C(=O)O)N(C)C.C[C@@H](C(=O)O)N(C)C. The quantitative estimate of drug-likeness (QED) is 0.715. The second-order valence-electron chi connectivity index (χ2n) is 3.96. The van der Waals surface area contributed by atoms with Crippen LogP contribution >= 0.6 is 0 Å². The number of nitrogens with zero attached hydrogens (tertiary/aromatic N) is 2. The molecule has 0 heterocycles. The van der Waals surface area contributed by atoms with Crippen LogP contribution in [0.1, 0.15) is 13.8 Å². The van der Waals surface area contributed by atoms with E-state index in [9.17, 15) is 9.59 Å². The van der Waals surface area contributed by atoms with Crippen molar-refractivity contribution in [1.82, 2.24) is 9.80 Å². The summed E-state index contributed by atoms with van der Waals surface area (Å²) in [5.41, 5.74) is 0. The Labute approximate surface area is 96.5 Å². The highest BCUT2D eigenvalue weighted by Gasteiger charge is 2.11. The normalized spacial score (nSPS) is 14.0. The lowest BCUT2D eigenvalue weighted by atomic mass is 10.3. The molecule has 0 radical (unpaired) electrons. The minimum absolute atomic E-state index is 0.380. The number of aliphatic carboxylic acids is 2. The Morgan fingerprint density at radius 2 is 1.00 bits per heavy atom. The highest BCUT2D eigenvalue weighted by atomic mass is 16.4. The molecule has 6 heteroatoms. The maximum Gasteiger partial charge on any atom is 0.320 e. The van der Waals surface area contributed by atoms with Crippen molar-refractivity contribution in [3.63, 3.8) is 0 Å². The molecule has 0 fully saturated rings. The van der Waals surface area contributed by atoms with E-state index in [1.54, 1.807) is 51.8 Å². The summed E-state index contributed by atoms with van der Waals surface area (Å²) in [6.45, 7) is 3.28. The summed E-state index contributed by atoms with van der Waals surface area (Å²) in [4.78, 5) is 23.5. The molecule has 0 aromatic carbocycles. The zero-order chi connectivity index (χ0) is 13.5. The van der Waals surface area contributed by atoms with Crippen LogP contribution in [-0.2, 0) is 9.59 Å². The molecule has 16 heavy (non-hydrogen) atoms. The van der Waals surface area contributed by atoms with E-state index in [0.29, 0.717) is 0 Å². The fourth-order valence-corrected chi connectivity index (χ4v) is 0.442. The molecule has 0 spiro atoms. The minimum Gasteiger partial charge on any atom is -0.480 e. The van der Waals surface area contributed by atoms with Crippen molar-refractivity contribution in [2.45, 2.75) is 25.9 Å². The number of rotatable bonds is 4. The standard InChI is InChI=1S/2C5H11NO2/c2*1-4(5(7)8)6(2)3/h2*4H,1-3H3,(H,7,8)/t4-;/m0./s1. The van der Waals surface area contributed by atoms with Crippen LogP contribution in [0.2, 0.25) is 0 Å². The van der Waals surface area contributed by atoms with Crippen LogP contribution in [0, 0.1) is 0 Å². The van der Waals surface area contributed by atoms with E-state index >= 15 is 0 Å². The van der Waals surface area contributed by atoms with Gasteiger partial charge < -0.3 is 10.2 Å². The van der Waals surface area contributed by atoms with Crippen LogP contribution in [0.3, 0.4) is 0 Å². The van der Waals surface area contributed by atoms with Gasteiger partial charge in [0.1, 0.15) is 12.1 Å². The first kappa shape index (κ1) is 17.3. The lowest BCUT2D eigenvalue weighted by Crippen LogP contribution is -2.32. The van der Waals surface area contributed by atoms with Crippen LogP contribution in [0.5, 0.6) is 0 Å². The van der Waals surface area contributed by atoms with E-state index in [1.165, 1.54) is 0 Å². The molecule has 0 amide bonds. The van der Waals surface area contributed by atoms with Gasteiger partial charge >= 0.3 is 11.9 Å². The topological polar surface area (TPSA) is 81.1 Å². The van der Waals surface area contributed by atoms with Crippen molar-refractivity contribution in [2.24, 2.45) is 0 Å². The zero-order valence-corrected chi connectivity index (χ0v) is 10.8. The van der Waals surface area contributed by atoms with E-state index < -0.39 is 11.9 Å². The fourth-order valence-electron chi connectivity index (χ4n) is 0.442. The summed E-state index contributed by atoms with van der Waals surface area (Å²) in [6.07, 6.45) is 0. The Balaban J connectivity index is 0. The van der Waals surface area contributed by atoms with Crippen molar-refractivity contribution in [2.75, 3.05) is 28.2 Å². The molecule has 1 unspecified atom stereocenters. The molecule has 0 saturated carbocycles. The number of hydrogen-bond acceptors (Lipinski definition) is 4. The van der Waals surface area contributed by atoms with Crippen LogP contribution in [0.25, 0.3) is 0 Å². The Kier molecular flexibility index (Phi) is 8.70. The van der Waals surface area contributed by atoms with Crippen molar-refractivity contribution in [1.29, 1.82) is 0 Å². The minimum atomic E-state index is -0.782. The maximum absolute atomic E-state index is 10.1. The summed E-state index contributed by atoms with van der Waals surface area (Å²) in [5, 5.41) is 16.6. The number of carboxylic acids is 2. The zero-order valence-electron chi connectivity index (χ0n) is 10.8. The van der Waals surface area contributed by atoms with Gasteiger partial charge in [0.2, 0.25) is 0 Å². The van der Waals surface area contributed by atoms with Gasteiger partial charge in [0.25, 0.3) is 0 Å². The average Bonchev–Trinajstić information content (AvgIpc) is 2.15. The van der Waals surface area contributed by atoms with Crippen LogP contribution in [0.15, 0.2) is 0 Å². The average molecular weight is 234 g/mol. The predicted molar refractivity (Wildman–Crippen MR) is 61.6 cm³/mol. The molecular weight excluding hydrogens is 212 g/mol. The molecule has 0 rings (SSSR count). The van der Waals surface area contributed by atoms with E-state index in [2.05, 4.69) is 0 Å². The first-order valence-electron chi connectivity index (χ1n) is 4.89. The molecule has 6 nitrogen and oxygen atoms in total. The fraction of sp³-hybridized carbons (Fsp3) is 0.800. The first-order valence-corrected chi connectivity index (χ1v) is 4.89. The van der Waals surface area contributed by atoms with E-state index in [0.717, 1.165) is 0 Å². The molecule has 0 aliphatic carbocycles. The molecule has 0 aromatic heterocycles. The Morgan fingerprint density at radius 1 is 0.812 bits per heavy atom. The molecule has 2 N–H and O–H groups in total. The highest BCUT2D eigenvalue weighted by Crippen LogP contribution is 1.89. The summed E-state index contributed by atoms with van der Waals surface area (Å²) in [5.74, 6) is -1.56. The summed E-state index contributed by atoms with van der Waals surface area (Å²) < 4.78 is 0. The van der Waals surface area contributed by atoms with Crippen LogP contribution in [-0.4, -0.2) is 72.2 Å². The van der Waals surface area contributed by atoms with Gasteiger partial charge in [-0.05, 0) is 42.0 Å². The molecule has 0 aromatic rings. The van der Waals surface area contributed by atoms with Gasteiger partial charge in [0.15, 0.2) is 0 Å². The second kappa shape index (κ2) is 8.06. The van der Waals surface area contributed by atoms with Gasteiger partial charge in [-0.15, -0.1) is 0 Å². The third-order valence-corrected chi connectivity index (χ3v) is 2.26. The van der Waals surface area contributed by atoms with Crippen molar-refractivity contribution < 1.29 is 19.8 Å². The van der Waals surface area contributed by atoms with Gasteiger partial charge in [-0.3, -0.25) is 19.4 Å². The van der Waals surface area contributed by atoms with Gasteiger partial charge in [-0.25, -0.2) is 0 Å². The maximum atomic E-state index is 10.1. The monoisotopic (exact) mass is 234 g/mol. The van der Waals surface area contributed by atoms with E-state index in [1.807, 2.05) is 0 Å². The van der Waals surface area contributed by atoms with Crippen molar-refractivity contribution in [3.8, 4) is 0 Å². The van der Waals surface area contributed by atoms with E-state index in [-0.39, 0.29) is 12.1 Å². The molecule has 0 bridgehead atoms. The number of carboxylic acid groups (broad SMARTS) is 2. The van der Waals surface area contributed by atoms with Gasteiger partial charge in [0, 0.05) is 0 Å².